The van der Waals surface area contributed by atoms with E-state index in [9.17, 15) is 4.79 Å². The minimum atomic E-state index is -0.0801. The Hall–Kier alpha value is -3.28. The molecular weight excluding hydrogens is 338 g/mol. The third-order valence-corrected chi connectivity index (χ3v) is 4.33. The van der Waals surface area contributed by atoms with Crippen molar-refractivity contribution >= 4 is 11.7 Å². The van der Waals surface area contributed by atoms with Crippen molar-refractivity contribution in [3.63, 3.8) is 0 Å². The standard InChI is InChI=1S/C21H23N5O/c1-14-6-8-17(9-7-14)21(27)24-12-11-23-19-15(2)16(3)25-20(26-19)18-5-4-10-22-13-18/h4-10,13H,11-12H2,1-3H3,(H,24,27)(H,23,25,26). The summed E-state index contributed by atoms with van der Waals surface area (Å²) in [6.07, 6.45) is 3.47. The largest absolute Gasteiger partial charge is 0.368 e. The summed E-state index contributed by atoms with van der Waals surface area (Å²) < 4.78 is 0. The minimum Gasteiger partial charge on any atom is -0.368 e. The van der Waals surface area contributed by atoms with Crippen LogP contribution in [0.2, 0.25) is 0 Å². The third kappa shape index (κ3) is 4.67. The van der Waals surface area contributed by atoms with E-state index in [0.717, 1.165) is 28.2 Å². The maximum atomic E-state index is 12.2. The summed E-state index contributed by atoms with van der Waals surface area (Å²) in [5, 5.41) is 6.21. The van der Waals surface area contributed by atoms with Gasteiger partial charge >= 0.3 is 0 Å². The van der Waals surface area contributed by atoms with Crippen LogP contribution in [0.15, 0.2) is 48.8 Å². The molecule has 0 fully saturated rings. The Balaban J connectivity index is 1.61. The second kappa shape index (κ2) is 8.40. The normalized spacial score (nSPS) is 10.5. The number of aryl methyl sites for hydroxylation is 2. The molecular formula is C21H23N5O. The number of pyridine rings is 1. The van der Waals surface area contributed by atoms with Crippen LogP contribution in [0, 0.1) is 20.8 Å². The van der Waals surface area contributed by atoms with E-state index in [0.29, 0.717) is 24.5 Å². The van der Waals surface area contributed by atoms with Crippen molar-refractivity contribution in [3.8, 4) is 11.4 Å². The Kier molecular flexibility index (Phi) is 5.76. The van der Waals surface area contributed by atoms with Gasteiger partial charge in [0.25, 0.3) is 5.91 Å². The molecule has 2 N–H and O–H groups in total. The Morgan fingerprint density at radius 1 is 1.00 bits per heavy atom. The molecule has 6 heteroatoms. The molecule has 0 spiro atoms. The molecule has 3 aromatic rings. The molecule has 2 aromatic heterocycles. The lowest BCUT2D eigenvalue weighted by Gasteiger charge is -2.13. The zero-order valence-electron chi connectivity index (χ0n) is 15.8. The molecule has 0 atom stereocenters. The van der Waals surface area contributed by atoms with E-state index in [1.54, 1.807) is 12.4 Å². The number of rotatable bonds is 6. The number of benzene rings is 1. The monoisotopic (exact) mass is 361 g/mol. The quantitative estimate of drug-likeness (QED) is 0.659. The maximum Gasteiger partial charge on any atom is 0.251 e. The lowest BCUT2D eigenvalue weighted by molar-refractivity contribution is 0.0955. The molecule has 0 radical (unpaired) electrons. The van der Waals surface area contributed by atoms with Crippen molar-refractivity contribution in [2.75, 3.05) is 18.4 Å². The lowest BCUT2D eigenvalue weighted by Crippen LogP contribution is -2.29. The number of amides is 1. The van der Waals surface area contributed by atoms with Gasteiger partial charge in [-0.1, -0.05) is 17.7 Å². The Morgan fingerprint density at radius 2 is 1.78 bits per heavy atom. The van der Waals surface area contributed by atoms with Gasteiger partial charge in [-0.3, -0.25) is 9.78 Å². The van der Waals surface area contributed by atoms with Crippen LogP contribution in [0.5, 0.6) is 0 Å². The Bertz CT molecular complexity index is 923. The summed E-state index contributed by atoms with van der Waals surface area (Å²) in [6, 6.07) is 11.3. The second-order valence-electron chi connectivity index (χ2n) is 6.40. The van der Waals surface area contributed by atoms with E-state index in [4.69, 9.17) is 0 Å². The molecule has 0 aliphatic heterocycles. The van der Waals surface area contributed by atoms with Gasteiger partial charge in [-0.2, -0.15) is 0 Å². The molecule has 2 heterocycles. The topological polar surface area (TPSA) is 79.8 Å². The average Bonchev–Trinajstić information content (AvgIpc) is 2.69. The summed E-state index contributed by atoms with van der Waals surface area (Å²) >= 11 is 0. The van der Waals surface area contributed by atoms with Gasteiger partial charge in [0.1, 0.15) is 5.82 Å². The summed E-state index contributed by atoms with van der Waals surface area (Å²) in [4.78, 5) is 25.4. The number of carbonyl (C=O) groups is 1. The van der Waals surface area contributed by atoms with Gasteiger partial charge in [0.05, 0.1) is 0 Å². The maximum absolute atomic E-state index is 12.2. The number of anilines is 1. The number of nitrogens with one attached hydrogen (secondary N) is 2. The number of hydrogen-bond donors (Lipinski definition) is 2. The van der Waals surface area contributed by atoms with Gasteiger partial charge in [-0.15, -0.1) is 0 Å². The highest BCUT2D eigenvalue weighted by Gasteiger charge is 2.10. The lowest BCUT2D eigenvalue weighted by atomic mass is 10.1. The van der Waals surface area contributed by atoms with Crippen molar-refractivity contribution in [3.05, 3.63) is 71.2 Å². The predicted molar refractivity (Wildman–Crippen MR) is 107 cm³/mol. The first-order valence-corrected chi connectivity index (χ1v) is 8.89. The van der Waals surface area contributed by atoms with E-state index in [2.05, 4.69) is 25.6 Å². The van der Waals surface area contributed by atoms with Crippen LogP contribution in [-0.2, 0) is 0 Å². The van der Waals surface area contributed by atoms with Crippen LogP contribution in [0.4, 0.5) is 5.82 Å². The molecule has 0 saturated carbocycles. The zero-order chi connectivity index (χ0) is 19.2. The first-order valence-electron chi connectivity index (χ1n) is 8.89. The molecule has 0 aliphatic rings. The number of nitrogens with zero attached hydrogens (tertiary/aromatic N) is 3. The van der Waals surface area contributed by atoms with Crippen molar-refractivity contribution in [1.82, 2.24) is 20.3 Å². The average molecular weight is 361 g/mol. The summed E-state index contributed by atoms with van der Waals surface area (Å²) in [6.45, 7) is 7.01. The van der Waals surface area contributed by atoms with E-state index in [1.165, 1.54) is 0 Å². The van der Waals surface area contributed by atoms with Gasteiger partial charge in [-0.25, -0.2) is 9.97 Å². The van der Waals surface area contributed by atoms with Crippen LogP contribution in [0.25, 0.3) is 11.4 Å². The molecule has 1 amide bonds. The second-order valence-corrected chi connectivity index (χ2v) is 6.40. The fraction of sp³-hybridized carbons (Fsp3) is 0.238. The molecule has 3 rings (SSSR count). The van der Waals surface area contributed by atoms with Crippen molar-refractivity contribution < 1.29 is 4.79 Å². The van der Waals surface area contributed by atoms with Gasteiger partial charge in [0, 0.05) is 47.9 Å². The smallest absolute Gasteiger partial charge is 0.251 e. The molecule has 138 valence electrons. The van der Waals surface area contributed by atoms with Crippen LogP contribution >= 0.6 is 0 Å². The molecule has 1 aromatic carbocycles. The summed E-state index contributed by atoms with van der Waals surface area (Å²) in [5.41, 5.74) is 4.57. The van der Waals surface area contributed by atoms with Crippen molar-refractivity contribution in [2.45, 2.75) is 20.8 Å². The Labute approximate surface area is 159 Å². The molecule has 6 nitrogen and oxygen atoms in total. The fourth-order valence-corrected chi connectivity index (χ4v) is 2.59. The predicted octanol–water partition coefficient (Wildman–Crippen LogP) is 3.31. The van der Waals surface area contributed by atoms with Crippen LogP contribution < -0.4 is 10.6 Å². The third-order valence-electron chi connectivity index (χ3n) is 4.33. The molecule has 27 heavy (non-hydrogen) atoms. The van der Waals surface area contributed by atoms with Crippen LogP contribution in [-0.4, -0.2) is 33.9 Å². The van der Waals surface area contributed by atoms with Crippen LogP contribution in [0.3, 0.4) is 0 Å². The van der Waals surface area contributed by atoms with E-state index in [1.807, 2.05) is 57.2 Å². The molecule has 0 saturated heterocycles. The SMILES string of the molecule is Cc1ccc(C(=O)NCCNc2nc(-c3cccnc3)nc(C)c2C)cc1. The van der Waals surface area contributed by atoms with E-state index >= 15 is 0 Å². The summed E-state index contributed by atoms with van der Waals surface area (Å²) in [5.74, 6) is 1.33. The number of hydrogen-bond acceptors (Lipinski definition) is 5. The van der Waals surface area contributed by atoms with Gasteiger partial charge in [-0.05, 0) is 45.0 Å². The van der Waals surface area contributed by atoms with Crippen molar-refractivity contribution in [2.24, 2.45) is 0 Å². The molecule has 0 unspecified atom stereocenters. The molecule has 0 bridgehead atoms. The highest BCUT2D eigenvalue weighted by molar-refractivity contribution is 5.94. The van der Waals surface area contributed by atoms with Gasteiger partial charge < -0.3 is 10.6 Å². The first-order chi connectivity index (χ1) is 13.0. The molecule has 0 aliphatic carbocycles. The van der Waals surface area contributed by atoms with E-state index < -0.39 is 0 Å². The van der Waals surface area contributed by atoms with Crippen molar-refractivity contribution in [1.29, 1.82) is 0 Å². The summed E-state index contributed by atoms with van der Waals surface area (Å²) in [7, 11) is 0. The highest BCUT2D eigenvalue weighted by atomic mass is 16.1. The van der Waals surface area contributed by atoms with Crippen LogP contribution in [0.1, 0.15) is 27.2 Å². The highest BCUT2D eigenvalue weighted by Crippen LogP contribution is 2.20. The fourth-order valence-electron chi connectivity index (χ4n) is 2.59. The van der Waals surface area contributed by atoms with Gasteiger partial charge in [0.2, 0.25) is 0 Å². The van der Waals surface area contributed by atoms with E-state index in [-0.39, 0.29) is 5.91 Å². The minimum absolute atomic E-state index is 0.0801. The number of aromatic nitrogens is 3. The zero-order valence-corrected chi connectivity index (χ0v) is 15.8. The first kappa shape index (κ1) is 18.5. The Morgan fingerprint density at radius 3 is 2.48 bits per heavy atom. The number of carbonyl (C=O) groups excluding carboxylic acids is 1. The van der Waals surface area contributed by atoms with Gasteiger partial charge in [0.15, 0.2) is 5.82 Å².